The molecule has 300 valence electrons. The average Bonchev–Trinajstić information content (AvgIpc) is 3.82. The lowest BCUT2D eigenvalue weighted by atomic mass is 9.68. The van der Waals surface area contributed by atoms with Crippen molar-refractivity contribution >= 4 is 49.4 Å². The summed E-state index contributed by atoms with van der Waals surface area (Å²) in [5, 5.41) is 7.60. The number of hydrogen-bond donors (Lipinski definition) is 0. The van der Waals surface area contributed by atoms with E-state index in [1.165, 1.54) is 93.5 Å². The zero-order chi connectivity index (χ0) is 42.4. The Bertz CT molecular complexity index is 3550. The average molecular weight is 814 g/mol. The molecule has 2 aliphatic rings. The summed E-state index contributed by atoms with van der Waals surface area (Å²) in [7, 11) is 0. The van der Waals surface area contributed by atoms with Gasteiger partial charge in [-0.3, -0.25) is 0 Å². The zero-order valence-corrected chi connectivity index (χ0v) is 35.5. The molecule has 0 heterocycles. The second-order valence-electron chi connectivity index (χ2n) is 17.7. The first-order valence-electron chi connectivity index (χ1n) is 22.4. The van der Waals surface area contributed by atoms with Crippen LogP contribution in [0.3, 0.4) is 0 Å². The Morgan fingerprint density at radius 2 is 0.750 bits per heavy atom. The number of hydrogen-bond acceptors (Lipinski definition) is 1. The van der Waals surface area contributed by atoms with Gasteiger partial charge in [0, 0.05) is 22.4 Å². The number of benzene rings is 11. The van der Waals surface area contributed by atoms with Gasteiger partial charge >= 0.3 is 0 Å². The van der Waals surface area contributed by atoms with E-state index in [1.54, 1.807) is 0 Å². The zero-order valence-electron chi connectivity index (χ0n) is 35.5. The second-order valence-corrected chi connectivity index (χ2v) is 17.7. The van der Waals surface area contributed by atoms with E-state index in [9.17, 15) is 0 Å². The standard InChI is InChI=1S/C63H43N/c1-62(42-20-5-2-6-21-42)56-32-17-16-31-53(56)61-59(62)34-19-35-60(61)64(45-36-38-51-49-28-12-11-26-47(49)48-27-13-14-29-50(48)54(51)40-45)46-37-39-58-55(41-46)52-30-15-18-33-57(52)63(58,43-22-7-3-8-23-43)44-24-9-4-10-25-44/h2-41H,1H3. The van der Waals surface area contributed by atoms with Crippen molar-refractivity contribution in [1.82, 2.24) is 0 Å². The first-order valence-corrected chi connectivity index (χ1v) is 22.4. The van der Waals surface area contributed by atoms with E-state index in [1.807, 2.05) is 0 Å². The van der Waals surface area contributed by atoms with Gasteiger partial charge in [0.1, 0.15) is 0 Å². The van der Waals surface area contributed by atoms with Crippen LogP contribution in [0.4, 0.5) is 17.1 Å². The molecule has 1 atom stereocenters. The van der Waals surface area contributed by atoms with Gasteiger partial charge in [0.15, 0.2) is 0 Å². The van der Waals surface area contributed by atoms with Crippen molar-refractivity contribution in [2.45, 2.75) is 17.8 Å². The Kier molecular flexibility index (Phi) is 8.02. The van der Waals surface area contributed by atoms with Crippen LogP contribution in [-0.4, -0.2) is 0 Å². The van der Waals surface area contributed by atoms with Crippen LogP contribution >= 0.6 is 0 Å². The predicted molar refractivity (Wildman–Crippen MR) is 268 cm³/mol. The molecule has 13 rings (SSSR count). The molecular weight excluding hydrogens is 771 g/mol. The Labute approximate surface area is 374 Å². The van der Waals surface area contributed by atoms with Gasteiger partial charge in [-0.1, -0.05) is 212 Å². The maximum Gasteiger partial charge on any atom is 0.0713 e. The van der Waals surface area contributed by atoms with E-state index in [-0.39, 0.29) is 5.41 Å². The molecular formula is C63H43N. The minimum absolute atomic E-state index is 0.338. The van der Waals surface area contributed by atoms with Crippen LogP contribution in [0.1, 0.15) is 45.9 Å². The van der Waals surface area contributed by atoms with Crippen LogP contribution in [0.25, 0.3) is 54.6 Å². The molecule has 0 bridgehead atoms. The van der Waals surface area contributed by atoms with Gasteiger partial charge in [-0.2, -0.15) is 0 Å². The van der Waals surface area contributed by atoms with Gasteiger partial charge in [0.2, 0.25) is 0 Å². The third-order valence-electron chi connectivity index (χ3n) is 14.6. The molecule has 1 heteroatoms. The number of fused-ring (bicyclic) bond motifs is 12. The fourth-order valence-corrected chi connectivity index (χ4v) is 11.8. The van der Waals surface area contributed by atoms with Gasteiger partial charge in [0.05, 0.1) is 11.1 Å². The molecule has 0 radical (unpaired) electrons. The summed E-state index contributed by atoms with van der Waals surface area (Å²) in [5.74, 6) is 0. The fraction of sp³-hybridized carbons (Fsp3) is 0.0476. The van der Waals surface area contributed by atoms with Gasteiger partial charge in [-0.05, 0) is 125 Å². The van der Waals surface area contributed by atoms with E-state index in [0.29, 0.717) is 0 Å². The fourth-order valence-electron chi connectivity index (χ4n) is 11.8. The van der Waals surface area contributed by atoms with Gasteiger partial charge in [-0.25, -0.2) is 0 Å². The van der Waals surface area contributed by atoms with Gasteiger partial charge in [-0.15, -0.1) is 0 Å². The van der Waals surface area contributed by atoms with Crippen molar-refractivity contribution in [2.75, 3.05) is 4.90 Å². The summed E-state index contributed by atoms with van der Waals surface area (Å²) in [6.07, 6.45) is 0. The number of rotatable bonds is 6. The topological polar surface area (TPSA) is 3.24 Å². The molecule has 0 fully saturated rings. The first kappa shape index (κ1) is 36.6. The molecule has 0 aromatic heterocycles. The lowest BCUT2D eigenvalue weighted by molar-refractivity contribution is 0.714. The van der Waals surface area contributed by atoms with E-state index in [0.717, 1.165) is 17.1 Å². The first-order chi connectivity index (χ1) is 31.7. The van der Waals surface area contributed by atoms with Crippen LogP contribution in [0, 0.1) is 0 Å². The van der Waals surface area contributed by atoms with Crippen molar-refractivity contribution in [3.8, 4) is 22.3 Å². The highest BCUT2D eigenvalue weighted by Gasteiger charge is 2.47. The largest absolute Gasteiger partial charge is 0.310 e. The molecule has 2 aliphatic carbocycles. The van der Waals surface area contributed by atoms with E-state index in [2.05, 4.69) is 254 Å². The van der Waals surface area contributed by atoms with E-state index >= 15 is 0 Å². The molecule has 0 aliphatic heterocycles. The Morgan fingerprint density at radius 3 is 1.39 bits per heavy atom. The van der Waals surface area contributed by atoms with Gasteiger partial charge < -0.3 is 4.90 Å². The molecule has 0 spiro atoms. The van der Waals surface area contributed by atoms with Crippen LogP contribution < -0.4 is 4.90 Å². The smallest absolute Gasteiger partial charge is 0.0713 e. The lowest BCUT2D eigenvalue weighted by Gasteiger charge is -2.34. The molecule has 64 heavy (non-hydrogen) atoms. The normalized spacial score (nSPS) is 15.5. The summed E-state index contributed by atoms with van der Waals surface area (Å²) in [6.45, 7) is 2.41. The predicted octanol–water partition coefficient (Wildman–Crippen LogP) is 16.3. The van der Waals surface area contributed by atoms with Crippen LogP contribution in [0.5, 0.6) is 0 Å². The maximum atomic E-state index is 2.55. The second kappa shape index (κ2) is 14.0. The van der Waals surface area contributed by atoms with Crippen LogP contribution in [0.15, 0.2) is 243 Å². The van der Waals surface area contributed by atoms with Crippen molar-refractivity contribution in [3.63, 3.8) is 0 Å². The molecule has 0 amide bonds. The quantitative estimate of drug-likeness (QED) is 0.151. The minimum Gasteiger partial charge on any atom is -0.310 e. The summed E-state index contributed by atoms with van der Waals surface area (Å²) < 4.78 is 0. The Balaban J connectivity index is 1.12. The van der Waals surface area contributed by atoms with Crippen molar-refractivity contribution in [1.29, 1.82) is 0 Å². The number of nitrogens with zero attached hydrogens (tertiary/aromatic N) is 1. The SMILES string of the molecule is CC1(c2ccccc2)c2ccccc2-c2c(N(c3ccc4c(c3)-c3ccccc3C4(c3ccccc3)c3ccccc3)c3ccc4c5ccccc5c5ccccc5c4c3)cccc21. The third-order valence-corrected chi connectivity index (χ3v) is 14.6. The Morgan fingerprint density at radius 1 is 0.297 bits per heavy atom. The highest BCUT2D eigenvalue weighted by atomic mass is 15.1. The lowest BCUT2D eigenvalue weighted by Crippen LogP contribution is -2.28. The summed E-state index contributed by atoms with van der Waals surface area (Å²) in [5.41, 5.74) is 16.7. The summed E-state index contributed by atoms with van der Waals surface area (Å²) in [6, 6.07) is 90.5. The maximum absolute atomic E-state index is 2.55. The highest BCUT2D eigenvalue weighted by molar-refractivity contribution is 6.26. The van der Waals surface area contributed by atoms with Crippen molar-refractivity contribution in [3.05, 3.63) is 282 Å². The van der Waals surface area contributed by atoms with Crippen molar-refractivity contribution < 1.29 is 0 Å². The summed E-state index contributed by atoms with van der Waals surface area (Å²) in [4.78, 5) is 2.55. The number of anilines is 3. The van der Waals surface area contributed by atoms with E-state index < -0.39 is 5.41 Å². The molecule has 1 unspecified atom stereocenters. The van der Waals surface area contributed by atoms with Gasteiger partial charge in [0.25, 0.3) is 0 Å². The molecule has 11 aromatic carbocycles. The van der Waals surface area contributed by atoms with Crippen LogP contribution in [0.2, 0.25) is 0 Å². The summed E-state index contributed by atoms with van der Waals surface area (Å²) >= 11 is 0. The van der Waals surface area contributed by atoms with Crippen LogP contribution in [-0.2, 0) is 10.8 Å². The molecule has 0 saturated carbocycles. The minimum atomic E-state index is -0.481. The Hall–Kier alpha value is -8.00. The third kappa shape index (κ3) is 5.01. The van der Waals surface area contributed by atoms with E-state index in [4.69, 9.17) is 0 Å². The molecule has 0 saturated heterocycles. The molecule has 0 N–H and O–H groups in total. The monoisotopic (exact) mass is 813 g/mol. The van der Waals surface area contributed by atoms with Crippen molar-refractivity contribution in [2.24, 2.45) is 0 Å². The highest BCUT2D eigenvalue weighted by Crippen LogP contribution is 2.60. The molecule has 11 aromatic rings. The molecule has 1 nitrogen and oxygen atoms in total.